The fraction of sp³-hybridized carbons (Fsp3) is 0.500. The van der Waals surface area contributed by atoms with E-state index < -0.39 is 6.09 Å². The second kappa shape index (κ2) is 8.29. The van der Waals surface area contributed by atoms with Gasteiger partial charge in [-0.1, -0.05) is 11.3 Å². The summed E-state index contributed by atoms with van der Waals surface area (Å²) in [4.78, 5) is 33.4. The third-order valence-corrected chi connectivity index (χ3v) is 6.10. The number of carbonyl (C=O) groups is 2. The van der Waals surface area contributed by atoms with Crippen molar-refractivity contribution in [2.75, 3.05) is 69.8 Å². The molecule has 0 saturated carbocycles. The van der Waals surface area contributed by atoms with Gasteiger partial charge in [-0.2, -0.15) is 0 Å². The number of hydrogen-bond donors (Lipinski definition) is 2. The molecule has 29 heavy (non-hydrogen) atoms. The van der Waals surface area contributed by atoms with Crippen molar-refractivity contribution in [2.24, 2.45) is 0 Å². The molecule has 0 unspecified atom stereocenters. The van der Waals surface area contributed by atoms with Crippen LogP contribution < -0.4 is 15.0 Å². The number of rotatable bonds is 3. The zero-order chi connectivity index (χ0) is 20.4. The van der Waals surface area contributed by atoms with Gasteiger partial charge in [0.05, 0.1) is 30.7 Å². The molecule has 11 heteroatoms. The Morgan fingerprint density at radius 1 is 1.14 bits per heavy atom. The maximum Gasteiger partial charge on any atom is 0.407 e. The molecule has 10 nitrogen and oxygen atoms in total. The second-order valence-corrected chi connectivity index (χ2v) is 7.77. The van der Waals surface area contributed by atoms with Gasteiger partial charge in [0.2, 0.25) is 0 Å². The quantitative estimate of drug-likeness (QED) is 0.780. The minimum absolute atomic E-state index is 0.277. The fourth-order valence-electron chi connectivity index (χ4n) is 3.51. The molecular weight excluding hydrogens is 398 g/mol. The molecule has 2 aliphatic rings. The first kappa shape index (κ1) is 19.5. The molecule has 156 valence electrons. The molecule has 0 radical (unpaired) electrons. The number of hydrogen-bond acceptors (Lipinski definition) is 7. The van der Waals surface area contributed by atoms with Gasteiger partial charge in [-0.15, -0.1) is 0 Å². The summed E-state index contributed by atoms with van der Waals surface area (Å²) in [6.07, 6.45) is -0.959. The van der Waals surface area contributed by atoms with Crippen LogP contribution in [0.4, 0.5) is 20.4 Å². The maximum absolute atomic E-state index is 12.6. The molecule has 2 N–H and O–H groups in total. The van der Waals surface area contributed by atoms with Crippen molar-refractivity contribution in [1.29, 1.82) is 0 Å². The van der Waals surface area contributed by atoms with Crippen LogP contribution >= 0.6 is 11.3 Å². The van der Waals surface area contributed by atoms with Gasteiger partial charge in [-0.05, 0) is 12.1 Å². The van der Waals surface area contributed by atoms with Crippen molar-refractivity contribution in [1.82, 2.24) is 14.8 Å². The Labute approximate surface area is 171 Å². The van der Waals surface area contributed by atoms with Crippen LogP contribution in [0.15, 0.2) is 12.1 Å². The highest BCUT2D eigenvalue weighted by molar-refractivity contribution is 7.23. The Bertz CT molecular complexity index is 905. The van der Waals surface area contributed by atoms with Crippen molar-refractivity contribution in [2.45, 2.75) is 0 Å². The summed E-state index contributed by atoms with van der Waals surface area (Å²) in [6, 6.07) is 3.63. The van der Waals surface area contributed by atoms with E-state index in [-0.39, 0.29) is 6.03 Å². The number of ether oxygens (including phenoxy) is 2. The summed E-state index contributed by atoms with van der Waals surface area (Å²) in [5.74, 6) is 0.656. The monoisotopic (exact) mass is 421 g/mol. The number of amides is 3. The molecule has 2 saturated heterocycles. The van der Waals surface area contributed by atoms with Crippen molar-refractivity contribution in [3.63, 3.8) is 0 Å². The number of thiazole rings is 1. The van der Waals surface area contributed by atoms with E-state index in [1.54, 1.807) is 12.0 Å². The predicted molar refractivity (Wildman–Crippen MR) is 109 cm³/mol. The van der Waals surface area contributed by atoms with Gasteiger partial charge >= 0.3 is 12.1 Å². The molecule has 3 amide bonds. The Kier molecular flexibility index (Phi) is 5.58. The van der Waals surface area contributed by atoms with Crippen molar-refractivity contribution in [3.8, 4) is 5.75 Å². The number of fused-ring (bicyclic) bond motifs is 1. The Morgan fingerprint density at radius 3 is 2.48 bits per heavy atom. The average Bonchev–Trinajstić information content (AvgIpc) is 3.17. The molecule has 2 aromatic rings. The standard InChI is InChI=1S/C18H23N5O5S/c1-27-13-3-2-12(21-8-10-28-11-9-21)15-14(13)19-16(29-15)20-17(24)22-4-6-23(7-5-22)18(25)26/h2-3H,4-11H2,1H3,(H,25,26)(H,19,20,24). The molecule has 0 bridgehead atoms. The number of morpholine rings is 1. The number of aromatic nitrogens is 1. The lowest BCUT2D eigenvalue weighted by molar-refractivity contribution is 0.115. The number of carbonyl (C=O) groups excluding carboxylic acids is 1. The molecule has 1 aromatic carbocycles. The number of urea groups is 1. The summed E-state index contributed by atoms with van der Waals surface area (Å²) in [7, 11) is 1.60. The SMILES string of the molecule is COc1ccc(N2CCOCC2)c2sc(NC(=O)N3CCN(C(=O)O)CC3)nc12. The van der Waals surface area contributed by atoms with Crippen LogP contribution in [-0.4, -0.2) is 91.6 Å². The number of anilines is 2. The summed E-state index contributed by atoms with van der Waals surface area (Å²) in [6.45, 7) is 4.27. The lowest BCUT2D eigenvalue weighted by Crippen LogP contribution is -2.51. The van der Waals surface area contributed by atoms with E-state index in [0.29, 0.717) is 55.8 Å². The van der Waals surface area contributed by atoms with Gasteiger partial charge in [-0.25, -0.2) is 14.6 Å². The van der Waals surface area contributed by atoms with Crippen LogP contribution in [0.3, 0.4) is 0 Å². The lowest BCUT2D eigenvalue weighted by atomic mass is 10.2. The van der Waals surface area contributed by atoms with Gasteiger partial charge < -0.3 is 29.3 Å². The molecule has 1 aromatic heterocycles. The number of benzene rings is 1. The Morgan fingerprint density at radius 2 is 1.83 bits per heavy atom. The Balaban J connectivity index is 1.53. The third-order valence-electron chi connectivity index (χ3n) is 5.11. The molecule has 4 rings (SSSR count). The van der Waals surface area contributed by atoms with E-state index >= 15 is 0 Å². The van der Waals surface area contributed by atoms with Crippen molar-refractivity contribution in [3.05, 3.63) is 12.1 Å². The fourth-order valence-corrected chi connectivity index (χ4v) is 4.53. The van der Waals surface area contributed by atoms with Gasteiger partial charge in [-0.3, -0.25) is 5.32 Å². The maximum atomic E-state index is 12.6. The number of piperazine rings is 1. The number of nitrogens with zero attached hydrogens (tertiary/aromatic N) is 4. The van der Waals surface area contributed by atoms with Crippen LogP contribution in [-0.2, 0) is 4.74 Å². The minimum Gasteiger partial charge on any atom is -0.494 e. The lowest BCUT2D eigenvalue weighted by Gasteiger charge is -2.32. The molecule has 2 aliphatic heterocycles. The Hall–Kier alpha value is -2.79. The molecular formula is C18H23N5O5S. The first-order valence-electron chi connectivity index (χ1n) is 9.41. The van der Waals surface area contributed by atoms with Crippen LogP contribution in [0.25, 0.3) is 10.2 Å². The molecule has 0 aliphatic carbocycles. The van der Waals surface area contributed by atoms with E-state index in [9.17, 15) is 9.59 Å². The largest absolute Gasteiger partial charge is 0.494 e. The first-order chi connectivity index (χ1) is 14.1. The highest BCUT2D eigenvalue weighted by Gasteiger charge is 2.25. The van der Waals surface area contributed by atoms with Gasteiger partial charge in [0.25, 0.3) is 0 Å². The van der Waals surface area contributed by atoms with Gasteiger partial charge in [0.1, 0.15) is 11.3 Å². The topological polar surface area (TPSA) is 107 Å². The number of methoxy groups -OCH3 is 1. The van der Waals surface area contributed by atoms with E-state index in [0.717, 1.165) is 23.5 Å². The van der Waals surface area contributed by atoms with Crippen LogP contribution in [0.5, 0.6) is 5.75 Å². The van der Waals surface area contributed by atoms with Crippen molar-refractivity contribution < 1.29 is 24.2 Å². The smallest absolute Gasteiger partial charge is 0.407 e. The van der Waals surface area contributed by atoms with E-state index in [1.807, 2.05) is 12.1 Å². The van der Waals surface area contributed by atoms with E-state index in [2.05, 4.69) is 15.2 Å². The minimum atomic E-state index is -0.959. The van der Waals surface area contributed by atoms with Gasteiger partial charge in [0.15, 0.2) is 5.13 Å². The molecule has 0 atom stereocenters. The molecule has 0 spiro atoms. The number of nitrogens with one attached hydrogen (secondary N) is 1. The van der Waals surface area contributed by atoms with Crippen LogP contribution in [0, 0.1) is 0 Å². The highest BCUT2D eigenvalue weighted by atomic mass is 32.1. The zero-order valence-corrected chi connectivity index (χ0v) is 16.9. The highest BCUT2D eigenvalue weighted by Crippen LogP contribution is 2.39. The van der Waals surface area contributed by atoms with E-state index in [1.165, 1.54) is 16.2 Å². The summed E-state index contributed by atoms with van der Waals surface area (Å²) in [5, 5.41) is 12.4. The first-order valence-corrected chi connectivity index (χ1v) is 10.2. The summed E-state index contributed by atoms with van der Waals surface area (Å²) < 4.78 is 11.9. The zero-order valence-electron chi connectivity index (χ0n) is 16.1. The summed E-state index contributed by atoms with van der Waals surface area (Å²) >= 11 is 1.41. The van der Waals surface area contributed by atoms with Crippen molar-refractivity contribution >= 4 is 44.5 Å². The molecule has 3 heterocycles. The van der Waals surface area contributed by atoms with E-state index in [4.69, 9.17) is 14.6 Å². The molecule has 2 fully saturated rings. The normalized spacial score (nSPS) is 17.5. The summed E-state index contributed by atoms with van der Waals surface area (Å²) in [5.41, 5.74) is 1.77. The average molecular weight is 421 g/mol. The predicted octanol–water partition coefficient (Wildman–Crippen LogP) is 1.97. The van der Waals surface area contributed by atoms with Gasteiger partial charge in [0, 0.05) is 39.3 Å². The van der Waals surface area contributed by atoms with Crippen LogP contribution in [0.2, 0.25) is 0 Å². The second-order valence-electron chi connectivity index (χ2n) is 6.77. The number of carboxylic acid groups (broad SMARTS) is 1. The third kappa shape index (κ3) is 4.01. The van der Waals surface area contributed by atoms with Crippen LogP contribution in [0.1, 0.15) is 0 Å².